The van der Waals surface area contributed by atoms with Crippen LogP contribution in [0.5, 0.6) is 0 Å². The Kier molecular flexibility index (Phi) is 25.0. The maximum Gasteiger partial charge on any atom is -0.0414 e. The normalized spacial score (nSPS) is 12.5. The molecular formula is C28H57. The van der Waals surface area contributed by atoms with Crippen molar-refractivity contribution in [3.8, 4) is 0 Å². The molecule has 0 nitrogen and oxygen atoms in total. The number of hydrogen-bond acceptors (Lipinski definition) is 0. The van der Waals surface area contributed by atoms with Crippen LogP contribution in [0.3, 0.4) is 0 Å². The van der Waals surface area contributed by atoms with Crippen molar-refractivity contribution < 1.29 is 0 Å². The molecule has 0 heterocycles. The molecule has 0 aliphatic rings. The predicted octanol–water partition coefficient (Wildman–Crippen LogP) is 10.8. The van der Waals surface area contributed by atoms with Crippen LogP contribution in [0.2, 0.25) is 0 Å². The van der Waals surface area contributed by atoms with Gasteiger partial charge in [0, 0.05) is 0 Å². The monoisotopic (exact) mass is 393 g/mol. The largest absolute Gasteiger partial charge is 0.0654 e. The van der Waals surface area contributed by atoms with Crippen molar-refractivity contribution in [1.29, 1.82) is 0 Å². The van der Waals surface area contributed by atoms with Crippen LogP contribution < -0.4 is 0 Å². The molecule has 0 N–H and O–H groups in total. The smallest absolute Gasteiger partial charge is 0.0414 e. The molecule has 0 aromatic heterocycles. The first-order valence-electron chi connectivity index (χ1n) is 13.6. The van der Waals surface area contributed by atoms with Crippen molar-refractivity contribution in [3.63, 3.8) is 0 Å². The first-order valence-corrected chi connectivity index (χ1v) is 13.6. The highest BCUT2D eigenvalue weighted by Gasteiger charge is 2.06. The van der Waals surface area contributed by atoms with Gasteiger partial charge in [0.25, 0.3) is 0 Å². The van der Waals surface area contributed by atoms with Gasteiger partial charge in [-0.25, -0.2) is 0 Å². The Bertz CT molecular complexity index is 257. The van der Waals surface area contributed by atoms with Crippen molar-refractivity contribution in [3.05, 3.63) is 6.92 Å². The summed E-state index contributed by atoms with van der Waals surface area (Å²) in [7, 11) is 0. The molecule has 0 spiro atoms. The highest BCUT2D eigenvalue weighted by Crippen LogP contribution is 2.22. The summed E-state index contributed by atoms with van der Waals surface area (Å²) in [5.74, 6) is 0.910. The Morgan fingerprint density at radius 1 is 0.393 bits per heavy atom. The van der Waals surface area contributed by atoms with Crippen LogP contribution in [-0.2, 0) is 0 Å². The van der Waals surface area contributed by atoms with Gasteiger partial charge < -0.3 is 0 Å². The van der Waals surface area contributed by atoms with E-state index in [1.54, 1.807) is 0 Å². The Labute approximate surface area is 181 Å². The van der Waals surface area contributed by atoms with E-state index in [0.717, 1.165) is 12.3 Å². The lowest BCUT2D eigenvalue weighted by atomic mass is 9.92. The molecule has 0 aliphatic heterocycles. The Morgan fingerprint density at radius 2 is 0.643 bits per heavy atom. The second-order valence-corrected chi connectivity index (χ2v) is 9.45. The molecule has 0 fully saturated rings. The Hall–Kier alpha value is 0. The van der Waals surface area contributed by atoms with Gasteiger partial charge in [-0.3, -0.25) is 0 Å². The van der Waals surface area contributed by atoms with Crippen LogP contribution >= 0.6 is 0 Å². The van der Waals surface area contributed by atoms with Gasteiger partial charge in [0.15, 0.2) is 0 Å². The maximum absolute atomic E-state index is 4.22. The molecule has 0 aliphatic carbocycles. The summed E-state index contributed by atoms with van der Waals surface area (Å²) in [6.45, 7) is 8.82. The van der Waals surface area contributed by atoms with Gasteiger partial charge in [-0.2, -0.15) is 0 Å². The van der Waals surface area contributed by atoms with Crippen molar-refractivity contribution in [2.24, 2.45) is 5.92 Å². The summed E-state index contributed by atoms with van der Waals surface area (Å²) in [5.41, 5.74) is 0. The lowest BCUT2D eigenvalue weighted by molar-refractivity contribution is 0.404. The van der Waals surface area contributed by atoms with Gasteiger partial charge in [-0.05, 0) is 5.92 Å². The third-order valence-electron chi connectivity index (χ3n) is 6.59. The van der Waals surface area contributed by atoms with Gasteiger partial charge in [-0.1, -0.05) is 175 Å². The van der Waals surface area contributed by atoms with E-state index < -0.39 is 0 Å². The lowest BCUT2D eigenvalue weighted by Gasteiger charge is -2.14. The third kappa shape index (κ3) is 22.3. The highest BCUT2D eigenvalue weighted by molar-refractivity contribution is 4.62. The van der Waals surface area contributed by atoms with Gasteiger partial charge in [0.05, 0.1) is 0 Å². The minimum absolute atomic E-state index is 0.910. The molecule has 0 saturated carbocycles. The van der Waals surface area contributed by atoms with E-state index in [4.69, 9.17) is 0 Å². The molecule has 0 aromatic rings. The number of hydrogen-bond donors (Lipinski definition) is 0. The second kappa shape index (κ2) is 25.0. The van der Waals surface area contributed by atoms with Crippen molar-refractivity contribution >= 4 is 0 Å². The maximum atomic E-state index is 4.22. The molecule has 1 atom stereocenters. The van der Waals surface area contributed by atoms with E-state index in [0.29, 0.717) is 0 Å². The SMILES string of the molecule is [CH2]CC(CCCCCCCCCC)CCCCCCCCCCCCCCC. The summed E-state index contributed by atoms with van der Waals surface area (Å²) in [6, 6.07) is 0. The Balaban J connectivity index is 3.25. The lowest BCUT2D eigenvalue weighted by Crippen LogP contribution is -1.99. The first kappa shape index (κ1) is 28.0. The van der Waals surface area contributed by atoms with E-state index in [9.17, 15) is 0 Å². The zero-order valence-corrected chi connectivity index (χ0v) is 20.3. The summed E-state index contributed by atoms with van der Waals surface area (Å²) in [6.07, 6.45) is 34.6. The molecular weight excluding hydrogens is 336 g/mol. The summed E-state index contributed by atoms with van der Waals surface area (Å²) >= 11 is 0. The minimum atomic E-state index is 0.910. The van der Waals surface area contributed by atoms with Crippen LogP contribution in [-0.4, -0.2) is 0 Å². The van der Waals surface area contributed by atoms with Crippen molar-refractivity contribution in [1.82, 2.24) is 0 Å². The molecule has 0 heteroatoms. The number of rotatable bonds is 24. The zero-order chi connectivity index (χ0) is 20.5. The van der Waals surface area contributed by atoms with Gasteiger partial charge in [0.2, 0.25) is 0 Å². The quantitative estimate of drug-likeness (QED) is 0.143. The standard InChI is InChI=1S/C28H57/c1-4-7-9-11-13-15-16-17-18-19-21-23-25-27-28(6-3)26-24-22-20-14-12-10-8-5-2/h28H,3-27H2,1-2H3. The highest BCUT2D eigenvalue weighted by atomic mass is 14.1. The second-order valence-electron chi connectivity index (χ2n) is 9.45. The van der Waals surface area contributed by atoms with E-state index in [1.807, 2.05) is 0 Å². The van der Waals surface area contributed by atoms with Crippen molar-refractivity contribution in [2.45, 2.75) is 168 Å². The van der Waals surface area contributed by atoms with Crippen molar-refractivity contribution in [2.75, 3.05) is 0 Å². The summed E-state index contributed by atoms with van der Waals surface area (Å²) in [5, 5.41) is 0. The number of unbranched alkanes of at least 4 members (excludes halogenated alkanes) is 19. The molecule has 28 heavy (non-hydrogen) atoms. The third-order valence-corrected chi connectivity index (χ3v) is 6.59. The molecule has 0 saturated heterocycles. The van der Waals surface area contributed by atoms with Crippen LogP contribution in [0, 0.1) is 12.8 Å². The van der Waals surface area contributed by atoms with E-state index in [2.05, 4.69) is 20.8 Å². The zero-order valence-electron chi connectivity index (χ0n) is 20.3. The van der Waals surface area contributed by atoms with Crippen LogP contribution in [0.4, 0.5) is 0 Å². The van der Waals surface area contributed by atoms with Gasteiger partial charge >= 0.3 is 0 Å². The van der Waals surface area contributed by atoms with Gasteiger partial charge in [-0.15, -0.1) is 0 Å². The summed E-state index contributed by atoms with van der Waals surface area (Å²) in [4.78, 5) is 0. The minimum Gasteiger partial charge on any atom is -0.0654 e. The molecule has 0 aromatic carbocycles. The molecule has 169 valence electrons. The van der Waals surface area contributed by atoms with Gasteiger partial charge in [0.1, 0.15) is 0 Å². The molecule has 0 bridgehead atoms. The topological polar surface area (TPSA) is 0 Å². The van der Waals surface area contributed by atoms with E-state index in [1.165, 1.54) is 148 Å². The van der Waals surface area contributed by atoms with Crippen LogP contribution in [0.15, 0.2) is 0 Å². The van der Waals surface area contributed by atoms with E-state index in [-0.39, 0.29) is 0 Å². The molecule has 1 unspecified atom stereocenters. The Morgan fingerprint density at radius 3 is 0.893 bits per heavy atom. The molecule has 1 radical (unpaired) electrons. The summed E-state index contributed by atoms with van der Waals surface area (Å²) < 4.78 is 0. The van der Waals surface area contributed by atoms with Crippen LogP contribution in [0.1, 0.15) is 168 Å². The predicted molar refractivity (Wildman–Crippen MR) is 131 cm³/mol. The van der Waals surface area contributed by atoms with E-state index >= 15 is 0 Å². The fourth-order valence-corrected chi connectivity index (χ4v) is 4.45. The average Bonchev–Trinajstić information content (AvgIpc) is 2.71. The fourth-order valence-electron chi connectivity index (χ4n) is 4.45. The average molecular weight is 394 g/mol. The molecule has 0 amide bonds. The van der Waals surface area contributed by atoms with Crippen LogP contribution in [0.25, 0.3) is 0 Å². The first-order chi connectivity index (χ1) is 13.8. The fraction of sp³-hybridized carbons (Fsp3) is 0.964. The molecule has 0 rings (SSSR count).